The minimum absolute atomic E-state index is 0.198. The Morgan fingerprint density at radius 1 is 1.81 bits per heavy atom. The maximum absolute atomic E-state index is 11.4. The Hall–Kier alpha value is -1.56. The molecule has 0 spiro atoms. The fourth-order valence-corrected chi connectivity index (χ4v) is 2.01. The van der Waals surface area contributed by atoms with Crippen molar-refractivity contribution in [3.8, 4) is 0 Å². The van der Waals surface area contributed by atoms with Gasteiger partial charge >= 0.3 is 5.97 Å². The molecule has 2 aliphatic rings. The van der Waals surface area contributed by atoms with Crippen LogP contribution in [-0.2, 0) is 19.1 Å². The van der Waals surface area contributed by atoms with Gasteiger partial charge in [-0.1, -0.05) is 0 Å². The maximum atomic E-state index is 11.4. The molecule has 0 radical (unpaired) electrons. The van der Waals surface area contributed by atoms with E-state index in [-0.39, 0.29) is 24.7 Å². The van der Waals surface area contributed by atoms with Crippen LogP contribution in [0.15, 0.2) is 11.8 Å². The molecular weight excluding hydrogens is 214 g/mol. The van der Waals surface area contributed by atoms with Gasteiger partial charge in [0.05, 0.1) is 13.0 Å². The summed E-state index contributed by atoms with van der Waals surface area (Å²) in [4.78, 5) is 23.9. The van der Waals surface area contributed by atoms with Crippen LogP contribution in [0.2, 0.25) is 0 Å². The lowest BCUT2D eigenvalue weighted by Gasteiger charge is -2.38. The first-order chi connectivity index (χ1) is 7.51. The molecule has 0 aliphatic carbocycles. The van der Waals surface area contributed by atoms with Crippen LogP contribution in [0.1, 0.15) is 13.3 Å². The van der Waals surface area contributed by atoms with Crippen LogP contribution in [0.3, 0.4) is 0 Å². The summed E-state index contributed by atoms with van der Waals surface area (Å²) in [6.45, 7) is 1.72. The molecule has 88 valence electrons. The predicted octanol–water partition coefficient (Wildman–Crippen LogP) is -0.0514. The molecular formula is C10H13NO5. The average Bonchev–Trinajstić information content (AvgIpc) is 2.43. The monoisotopic (exact) mass is 227 g/mol. The number of methoxy groups -OCH3 is 1. The Morgan fingerprint density at radius 2 is 2.50 bits per heavy atom. The molecule has 6 heteroatoms. The molecule has 2 atom stereocenters. The van der Waals surface area contributed by atoms with Crippen LogP contribution in [0.25, 0.3) is 0 Å². The molecule has 6 nitrogen and oxygen atoms in total. The van der Waals surface area contributed by atoms with Crippen molar-refractivity contribution in [2.45, 2.75) is 25.1 Å². The first kappa shape index (κ1) is 10.9. The fourth-order valence-electron chi connectivity index (χ4n) is 2.01. The van der Waals surface area contributed by atoms with Crippen molar-refractivity contribution >= 4 is 11.9 Å². The van der Waals surface area contributed by atoms with Gasteiger partial charge in [-0.3, -0.25) is 9.69 Å². The first-order valence-electron chi connectivity index (χ1n) is 4.93. The summed E-state index contributed by atoms with van der Waals surface area (Å²) >= 11 is 0. The third kappa shape index (κ3) is 1.23. The molecule has 0 saturated carbocycles. The molecule has 16 heavy (non-hydrogen) atoms. The zero-order valence-electron chi connectivity index (χ0n) is 9.10. The van der Waals surface area contributed by atoms with Crippen molar-refractivity contribution in [1.82, 2.24) is 4.90 Å². The molecule has 1 amide bonds. The number of β-lactam (4-membered cyclic amide) rings is 1. The molecule has 2 fully saturated rings. The van der Waals surface area contributed by atoms with Crippen molar-refractivity contribution in [1.29, 1.82) is 0 Å². The molecule has 2 heterocycles. The van der Waals surface area contributed by atoms with Gasteiger partial charge in [0.2, 0.25) is 5.91 Å². The average molecular weight is 227 g/mol. The number of aliphatic carboxylic acids is 1. The Balaban J connectivity index is 2.33. The number of nitrogens with zero attached hydrogens (tertiary/aromatic N) is 1. The standard InChI is InChI=1S/C10H13NO5/c1-10(9(13)14)6(3-4-15-2)16-8-5-7(12)11(8)10/h3,8H,4-5H2,1-2H3,(H,13,14)/b6-3-/t8-,10-/m1/s1. The molecule has 2 rings (SSSR count). The minimum Gasteiger partial charge on any atom is -0.479 e. The van der Waals surface area contributed by atoms with E-state index in [0.717, 1.165) is 0 Å². The molecule has 2 aliphatic heterocycles. The SMILES string of the molecule is COC/C=C1\O[C@@H]2CC(=O)N2[C@@]1(C)C(=O)O. The second kappa shape index (κ2) is 3.48. The number of fused-ring (bicyclic) bond motifs is 1. The van der Waals surface area contributed by atoms with Crippen molar-refractivity contribution in [3.63, 3.8) is 0 Å². The topological polar surface area (TPSA) is 76.1 Å². The van der Waals surface area contributed by atoms with Crippen LogP contribution in [0, 0.1) is 0 Å². The summed E-state index contributed by atoms with van der Waals surface area (Å²) in [6, 6.07) is 0. The van der Waals surface area contributed by atoms with E-state index in [1.165, 1.54) is 18.9 Å². The summed E-state index contributed by atoms with van der Waals surface area (Å²) < 4.78 is 10.3. The van der Waals surface area contributed by atoms with E-state index in [0.29, 0.717) is 0 Å². The Bertz CT molecular complexity index is 377. The lowest BCUT2D eigenvalue weighted by molar-refractivity contribution is -0.169. The van der Waals surface area contributed by atoms with Crippen molar-refractivity contribution in [2.24, 2.45) is 0 Å². The maximum Gasteiger partial charge on any atom is 0.337 e. The zero-order valence-corrected chi connectivity index (χ0v) is 9.10. The fraction of sp³-hybridized carbons (Fsp3) is 0.600. The molecule has 2 saturated heterocycles. The van der Waals surface area contributed by atoms with Crippen LogP contribution in [0.5, 0.6) is 0 Å². The van der Waals surface area contributed by atoms with Gasteiger partial charge < -0.3 is 14.6 Å². The third-order valence-corrected chi connectivity index (χ3v) is 2.98. The Labute approximate surface area is 92.4 Å². The number of ether oxygens (including phenoxy) is 2. The smallest absolute Gasteiger partial charge is 0.337 e. The first-order valence-corrected chi connectivity index (χ1v) is 4.93. The molecule has 0 bridgehead atoms. The normalized spacial score (nSPS) is 34.6. The summed E-state index contributed by atoms with van der Waals surface area (Å²) in [5.41, 5.74) is -1.39. The minimum atomic E-state index is -1.39. The second-order valence-corrected chi connectivity index (χ2v) is 3.94. The molecule has 0 aromatic carbocycles. The number of carboxylic acids is 1. The van der Waals surface area contributed by atoms with Gasteiger partial charge in [0.15, 0.2) is 11.8 Å². The quantitative estimate of drug-likeness (QED) is 0.684. The van der Waals surface area contributed by atoms with Gasteiger partial charge in [0.1, 0.15) is 5.76 Å². The predicted molar refractivity (Wildman–Crippen MR) is 52.3 cm³/mol. The van der Waals surface area contributed by atoms with Gasteiger partial charge in [-0.15, -0.1) is 0 Å². The summed E-state index contributed by atoms with van der Waals surface area (Å²) in [5.74, 6) is -1.01. The summed E-state index contributed by atoms with van der Waals surface area (Å²) in [5, 5.41) is 9.23. The molecule has 1 N–H and O–H groups in total. The van der Waals surface area contributed by atoms with E-state index in [1.54, 1.807) is 6.08 Å². The Kier molecular flexibility index (Phi) is 2.38. The third-order valence-electron chi connectivity index (χ3n) is 2.98. The summed E-state index contributed by atoms with van der Waals surface area (Å²) in [7, 11) is 1.50. The number of hydrogen-bond donors (Lipinski definition) is 1. The van der Waals surface area contributed by atoms with Crippen LogP contribution in [-0.4, -0.2) is 47.4 Å². The van der Waals surface area contributed by atoms with Crippen LogP contribution >= 0.6 is 0 Å². The number of rotatable bonds is 3. The van der Waals surface area contributed by atoms with Gasteiger partial charge in [0.25, 0.3) is 0 Å². The lowest BCUT2D eigenvalue weighted by Crippen LogP contribution is -2.61. The molecule has 0 unspecified atom stereocenters. The van der Waals surface area contributed by atoms with E-state index in [4.69, 9.17) is 9.47 Å². The van der Waals surface area contributed by atoms with E-state index in [9.17, 15) is 14.7 Å². The van der Waals surface area contributed by atoms with E-state index >= 15 is 0 Å². The van der Waals surface area contributed by atoms with Crippen molar-refractivity contribution in [3.05, 3.63) is 11.8 Å². The largest absolute Gasteiger partial charge is 0.479 e. The van der Waals surface area contributed by atoms with Crippen LogP contribution < -0.4 is 0 Å². The number of carbonyl (C=O) groups excluding carboxylic acids is 1. The highest BCUT2D eigenvalue weighted by Crippen LogP contribution is 2.43. The number of carboxylic acid groups (broad SMARTS) is 1. The summed E-state index contributed by atoms with van der Waals surface area (Å²) in [6.07, 6.45) is 1.36. The van der Waals surface area contributed by atoms with Gasteiger partial charge in [-0.2, -0.15) is 0 Å². The van der Waals surface area contributed by atoms with Crippen molar-refractivity contribution < 1.29 is 24.2 Å². The zero-order chi connectivity index (χ0) is 11.9. The highest BCUT2D eigenvalue weighted by Gasteiger charge is 2.61. The number of carbonyl (C=O) groups is 2. The molecule has 0 aromatic heterocycles. The second-order valence-electron chi connectivity index (χ2n) is 3.94. The van der Waals surface area contributed by atoms with Gasteiger partial charge in [-0.05, 0) is 13.0 Å². The molecule has 0 aromatic rings. The van der Waals surface area contributed by atoms with E-state index < -0.39 is 17.7 Å². The van der Waals surface area contributed by atoms with E-state index in [1.807, 2.05) is 0 Å². The van der Waals surface area contributed by atoms with Crippen LogP contribution in [0.4, 0.5) is 0 Å². The number of amides is 1. The van der Waals surface area contributed by atoms with Gasteiger partial charge in [-0.25, -0.2) is 4.79 Å². The van der Waals surface area contributed by atoms with E-state index in [2.05, 4.69) is 0 Å². The van der Waals surface area contributed by atoms with Gasteiger partial charge in [0, 0.05) is 7.11 Å². The van der Waals surface area contributed by atoms with Crippen molar-refractivity contribution in [2.75, 3.05) is 13.7 Å². The number of hydrogen-bond acceptors (Lipinski definition) is 4. The Morgan fingerprint density at radius 3 is 3.00 bits per heavy atom. The highest BCUT2D eigenvalue weighted by molar-refractivity contribution is 5.94. The lowest BCUT2D eigenvalue weighted by atomic mass is 9.94. The highest BCUT2D eigenvalue weighted by atomic mass is 16.5.